The fourth-order valence-corrected chi connectivity index (χ4v) is 8.31. The molecule has 0 saturated carbocycles. The van der Waals surface area contributed by atoms with Crippen LogP contribution in [0.1, 0.15) is 226 Å². The van der Waals surface area contributed by atoms with Crippen LogP contribution in [0.4, 0.5) is 0 Å². The number of esters is 1. The summed E-state index contributed by atoms with van der Waals surface area (Å²) in [6.45, 7) is 6.63. The molecule has 0 aromatic heterocycles. The van der Waals surface area contributed by atoms with Crippen LogP contribution >= 0.6 is 7.82 Å². The van der Waals surface area contributed by atoms with E-state index in [1.54, 1.807) is 0 Å². The van der Waals surface area contributed by atoms with E-state index in [0.717, 1.165) is 89.9 Å². The number of carbonyl (C=O) groups is 2. The van der Waals surface area contributed by atoms with Gasteiger partial charge in [-0.2, -0.15) is 0 Å². The second kappa shape index (κ2) is 50.5. The van der Waals surface area contributed by atoms with Gasteiger partial charge < -0.3 is 28.5 Å². The van der Waals surface area contributed by atoms with Gasteiger partial charge in [-0.15, -0.1) is 0 Å². The predicted molar refractivity (Wildman–Crippen MR) is 302 cm³/mol. The molecule has 0 aromatic carbocycles. The molecular weight excluding hydrogens is 904 g/mol. The highest BCUT2D eigenvalue weighted by Crippen LogP contribution is 2.38. The van der Waals surface area contributed by atoms with Gasteiger partial charge in [0.05, 0.1) is 33.8 Å². The highest BCUT2D eigenvalue weighted by molar-refractivity contribution is 7.45. The van der Waals surface area contributed by atoms with Crippen molar-refractivity contribution >= 4 is 19.7 Å². The van der Waals surface area contributed by atoms with Crippen molar-refractivity contribution in [1.82, 2.24) is 5.32 Å². The van der Waals surface area contributed by atoms with Crippen LogP contribution in [0.5, 0.6) is 0 Å². The first-order chi connectivity index (χ1) is 34.4. The van der Waals surface area contributed by atoms with Crippen LogP contribution in [0.15, 0.2) is 97.2 Å². The molecule has 0 fully saturated rings. The minimum absolute atomic E-state index is 0.0388. The molecule has 0 aliphatic rings. The normalized spacial score (nSPS) is 14.5. The van der Waals surface area contributed by atoms with Crippen LogP contribution in [0, 0.1) is 0 Å². The molecule has 0 aliphatic carbocycles. The molecule has 408 valence electrons. The number of hydrogen-bond donors (Lipinski definition) is 1. The number of phosphoric ester groups is 1. The van der Waals surface area contributed by atoms with Gasteiger partial charge in [0.15, 0.2) is 0 Å². The van der Waals surface area contributed by atoms with E-state index < -0.39 is 26.6 Å². The Morgan fingerprint density at radius 3 is 1.41 bits per heavy atom. The van der Waals surface area contributed by atoms with Gasteiger partial charge in [-0.25, -0.2) is 0 Å². The summed E-state index contributed by atoms with van der Waals surface area (Å²) >= 11 is 0. The number of hydrogen-bond acceptors (Lipinski definition) is 7. The van der Waals surface area contributed by atoms with E-state index in [2.05, 4.69) is 111 Å². The lowest BCUT2D eigenvalue weighted by atomic mass is 10.1. The quantitative estimate of drug-likeness (QED) is 0.0212. The number of likely N-dealkylation sites (N-methyl/N-ethyl adjacent to an activating group) is 1. The average Bonchev–Trinajstić information content (AvgIpc) is 3.33. The van der Waals surface area contributed by atoms with Crippen LogP contribution in [0.25, 0.3) is 0 Å². The maximum atomic E-state index is 13.5. The van der Waals surface area contributed by atoms with E-state index in [4.69, 9.17) is 13.8 Å². The molecule has 0 spiro atoms. The van der Waals surface area contributed by atoms with Crippen LogP contribution in [0.3, 0.4) is 0 Å². The zero-order chi connectivity index (χ0) is 52.2. The lowest BCUT2D eigenvalue weighted by Gasteiger charge is -2.30. The molecule has 71 heavy (non-hydrogen) atoms. The Bertz CT molecular complexity index is 1540. The zero-order valence-corrected chi connectivity index (χ0v) is 47.3. The molecule has 0 saturated heterocycles. The molecule has 0 aliphatic heterocycles. The van der Waals surface area contributed by atoms with E-state index in [0.29, 0.717) is 23.9 Å². The summed E-state index contributed by atoms with van der Waals surface area (Å²) in [6.07, 6.45) is 66.7. The van der Waals surface area contributed by atoms with Gasteiger partial charge in [0.2, 0.25) is 5.91 Å². The summed E-state index contributed by atoms with van der Waals surface area (Å²) in [5, 5.41) is 2.98. The van der Waals surface area contributed by atoms with Crippen molar-refractivity contribution in [3.8, 4) is 0 Å². The summed E-state index contributed by atoms with van der Waals surface area (Å²) in [5.41, 5.74) is 0. The number of ether oxygens (including phenoxy) is 1. The first kappa shape index (κ1) is 67.9. The van der Waals surface area contributed by atoms with Gasteiger partial charge in [0, 0.05) is 12.8 Å². The Balaban J connectivity index is 5.43. The molecule has 9 nitrogen and oxygen atoms in total. The first-order valence-corrected chi connectivity index (χ1v) is 30.0. The number of rotatable bonds is 50. The summed E-state index contributed by atoms with van der Waals surface area (Å²) in [4.78, 5) is 39.8. The summed E-state index contributed by atoms with van der Waals surface area (Å²) in [5.74, 6) is -0.625. The van der Waals surface area contributed by atoms with Gasteiger partial charge in [-0.1, -0.05) is 208 Å². The van der Waals surface area contributed by atoms with Gasteiger partial charge in [0.25, 0.3) is 7.82 Å². The maximum absolute atomic E-state index is 13.5. The molecule has 1 amide bonds. The number of nitrogens with one attached hydrogen (secondary N) is 1. The molecule has 3 unspecified atom stereocenters. The number of unbranched alkanes of at least 4 members (excludes halogenated alkanes) is 20. The topological polar surface area (TPSA) is 114 Å². The zero-order valence-electron chi connectivity index (χ0n) is 46.4. The molecule has 0 radical (unpaired) electrons. The van der Waals surface area contributed by atoms with Crippen molar-refractivity contribution in [2.45, 2.75) is 238 Å². The van der Waals surface area contributed by atoms with Crippen LogP contribution in [-0.4, -0.2) is 69.4 Å². The van der Waals surface area contributed by atoms with Gasteiger partial charge in [-0.05, 0) is 102 Å². The highest BCUT2D eigenvalue weighted by Gasteiger charge is 2.27. The second-order valence-electron chi connectivity index (χ2n) is 20.1. The standard InChI is InChI=1S/C61H107N2O7P/c1-7-10-13-16-19-22-25-27-29-31-33-35-38-41-44-47-50-53-60(64)62-58(57-69-71(66,67)68-56-55-63(4,5)6)59(52-49-46-43-40-37-24-21-18-15-12-9-3)70-61(65)54-51-48-45-42-39-36-34-32-30-28-26-23-20-17-14-11-8-2/h10,13,19-20,22-23,27-30,33,35,41,44,49,52,58-59H,7-9,11-12,14-18,21,24-26,31-32,34,36-40,42-43,45-48,50-51,53-57H2,1-6H3,(H-,62,64,66,67)/b13-10-,22-19-,23-20-,29-27-,30-28-,35-33-,44-41-,52-49+. The van der Waals surface area contributed by atoms with Crippen molar-refractivity contribution in [2.24, 2.45) is 0 Å². The molecule has 0 rings (SSSR count). The minimum atomic E-state index is -4.72. The van der Waals surface area contributed by atoms with E-state index in [9.17, 15) is 19.0 Å². The minimum Gasteiger partial charge on any atom is -0.756 e. The molecule has 1 N–H and O–H groups in total. The monoisotopic (exact) mass is 1010 g/mol. The third kappa shape index (κ3) is 51.6. The van der Waals surface area contributed by atoms with Crippen molar-refractivity contribution in [3.05, 3.63) is 97.2 Å². The molecular formula is C61H107N2O7P. The van der Waals surface area contributed by atoms with Crippen molar-refractivity contribution in [2.75, 3.05) is 40.9 Å². The maximum Gasteiger partial charge on any atom is 0.306 e. The SMILES string of the molecule is CC/C=C\C/C=C\C/C=C\C/C=C\C/C=C\CCCC(=O)NC(COP(=O)([O-])OCC[N+](C)(C)C)C(/C=C/CCCCCCCCCCC)OC(=O)CCCCCCCCC/C=C\C/C=C\CCCCC. The van der Waals surface area contributed by atoms with Gasteiger partial charge in [-0.3, -0.25) is 14.2 Å². The third-order valence-corrected chi connectivity index (χ3v) is 13.0. The largest absolute Gasteiger partial charge is 0.756 e. The summed E-state index contributed by atoms with van der Waals surface area (Å²) in [6, 6.07) is -0.925. The Labute approximate surface area is 437 Å². The van der Waals surface area contributed by atoms with Crippen molar-refractivity contribution in [1.29, 1.82) is 0 Å². The van der Waals surface area contributed by atoms with Crippen LogP contribution < -0.4 is 10.2 Å². The Hall–Kier alpha value is -3.07. The van der Waals surface area contributed by atoms with Crippen LogP contribution in [0.2, 0.25) is 0 Å². The Kier molecular flexibility index (Phi) is 48.3. The number of carbonyl (C=O) groups excluding carboxylic acids is 2. The number of nitrogens with zero attached hydrogens (tertiary/aromatic N) is 1. The number of quaternary nitrogens is 1. The van der Waals surface area contributed by atoms with E-state index in [1.165, 1.54) is 89.9 Å². The summed E-state index contributed by atoms with van der Waals surface area (Å²) in [7, 11) is 1.13. The fraction of sp³-hybridized carbons (Fsp3) is 0.705. The van der Waals surface area contributed by atoms with Gasteiger partial charge >= 0.3 is 5.97 Å². The highest BCUT2D eigenvalue weighted by atomic mass is 31.2. The Morgan fingerprint density at radius 1 is 0.507 bits per heavy atom. The number of phosphoric acid groups is 1. The number of amides is 1. The predicted octanol–water partition coefficient (Wildman–Crippen LogP) is 16.6. The van der Waals surface area contributed by atoms with Crippen molar-refractivity contribution < 1.29 is 37.3 Å². The summed E-state index contributed by atoms with van der Waals surface area (Å²) < 4.78 is 30.2. The lowest BCUT2D eigenvalue weighted by molar-refractivity contribution is -0.870. The van der Waals surface area contributed by atoms with Crippen LogP contribution in [-0.2, 0) is 27.9 Å². The smallest absolute Gasteiger partial charge is 0.306 e. The number of allylic oxidation sites excluding steroid dienone is 15. The van der Waals surface area contributed by atoms with Gasteiger partial charge in [0.1, 0.15) is 19.3 Å². The fourth-order valence-electron chi connectivity index (χ4n) is 7.59. The van der Waals surface area contributed by atoms with E-state index in [1.807, 2.05) is 33.3 Å². The molecule has 3 atom stereocenters. The average molecular weight is 1010 g/mol. The first-order valence-electron chi connectivity index (χ1n) is 28.5. The third-order valence-electron chi connectivity index (χ3n) is 12.0. The molecule has 0 bridgehead atoms. The second-order valence-corrected chi connectivity index (χ2v) is 21.5. The molecule has 0 heterocycles. The van der Waals surface area contributed by atoms with Crippen molar-refractivity contribution in [3.63, 3.8) is 0 Å². The Morgan fingerprint density at radius 2 is 0.915 bits per heavy atom. The van der Waals surface area contributed by atoms with E-state index >= 15 is 0 Å². The lowest BCUT2D eigenvalue weighted by Crippen LogP contribution is -2.47. The van der Waals surface area contributed by atoms with E-state index in [-0.39, 0.29) is 31.3 Å². The molecule has 0 aromatic rings. The molecule has 10 heteroatoms.